The van der Waals surface area contributed by atoms with Gasteiger partial charge in [-0.1, -0.05) is 5.10 Å². The van der Waals surface area contributed by atoms with Crippen molar-refractivity contribution < 1.29 is 4.92 Å². The van der Waals surface area contributed by atoms with E-state index in [0.717, 1.165) is 6.54 Å². The fraction of sp³-hybridized carbons (Fsp3) is 0.571. The Balaban J connectivity index is 2.00. The highest BCUT2D eigenvalue weighted by Gasteiger charge is 2.22. The van der Waals surface area contributed by atoms with Crippen LogP contribution >= 0.6 is 0 Å². The lowest BCUT2D eigenvalue weighted by Gasteiger charge is -2.00. The van der Waals surface area contributed by atoms with Crippen molar-refractivity contribution in [1.82, 2.24) is 10.2 Å². The van der Waals surface area contributed by atoms with Crippen LogP contribution in [0.25, 0.3) is 0 Å². The highest BCUT2D eigenvalue weighted by atomic mass is 16.6. The molecule has 0 amide bonds. The summed E-state index contributed by atoms with van der Waals surface area (Å²) in [5.41, 5.74) is 0.483. The molecule has 2 N–H and O–H groups in total. The summed E-state index contributed by atoms with van der Waals surface area (Å²) in [6.45, 7) is 0.806. The number of nitro groups is 1. The van der Waals surface area contributed by atoms with Gasteiger partial charge in [-0.25, -0.2) is 0 Å². The van der Waals surface area contributed by atoms with Crippen LogP contribution in [0.4, 0.5) is 11.5 Å². The van der Waals surface area contributed by atoms with Gasteiger partial charge in [-0.05, 0) is 23.7 Å². The van der Waals surface area contributed by atoms with E-state index in [0.29, 0.717) is 11.6 Å². The molecule has 0 saturated heterocycles. The van der Waals surface area contributed by atoms with Crippen LogP contribution in [0.3, 0.4) is 0 Å². The predicted molar refractivity (Wildman–Crippen MR) is 46.5 cm³/mol. The molecule has 2 rings (SSSR count). The van der Waals surface area contributed by atoms with E-state index in [1.54, 1.807) is 0 Å². The maximum Gasteiger partial charge on any atom is 0.366 e. The summed E-state index contributed by atoms with van der Waals surface area (Å²) in [5, 5.41) is 19.4. The van der Waals surface area contributed by atoms with Crippen molar-refractivity contribution in [2.24, 2.45) is 5.92 Å². The van der Waals surface area contributed by atoms with E-state index in [4.69, 9.17) is 0 Å². The number of hydrogen-bond donors (Lipinski definition) is 2. The summed E-state index contributed by atoms with van der Waals surface area (Å²) in [5.74, 6) is 0.634. The number of H-pyrrole nitrogens is 1. The Labute approximate surface area is 74.5 Å². The molecule has 0 aliphatic heterocycles. The van der Waals surface area contributed by atoms with E-state index in [1.807, 2.05) is 0 Å². The normalized spacial score (nSPS) is 15.7. The van der Waals surface area contributed by atoms with E-state index in [9.17, 15) is 10.1 Å². The Morgan fingerprint density at radius 3 is 3.15 bits per heavy atom. The second kappa shape index (κ2) is 3.04. The molecule has 13 heavy (non-hydrogen) atoms. The van der Waals surface area contributed by atoms with Crippen molar-refractivity contribution in [3.63, 3.8) is 0 Å². The second-order valence-electron chi connectivity index (χ2n) is 3.21. The van der Waals surface area contributed by atoms with Gasteiger partial charge in [-0.3, -0.25) is 0 Å². The van der Waals surface area contributed by atoms with Gasteiger partial charge in [0.15, 0.2) is 5.69 Å². The third-order valence-electron chi connectivity index (χ3n) is 2.08. The van der Waals surface area contributed by atoms with Crippen molar-refractivity contribution in [3.05, 3.63) is 16.3 Å². The van der Waals surface area contributed by atoms with Crippen molar-refractivity contribution in [1.29, 1.82) is 0 Å². The van der Waals surface area contributed by atoms with Gasteiger partial charge in [0.05, 0.1) is 0 Å². The number of nitrogens with zero attached hydrogens (tertiary/aromatic N) is 2. The van der Waals surface area contributed by atoms with Crippen molar-refractivity contribution in [3.8, 4) is 0 Å². The largest absolute Gasteiger partial charge is 0.377 e. The molecule has 1 fully saturated rings. The first-order chi connectivity index (χ1) is 6.27. The molecule has 1 heterocycles. The smallest absolute Gasteiger partial charge is 0.366 e. The molecule has 0 aromatic carbocycles. The van der Waals surface area contributed by atoms with Crippen molar-refractivity contribution in [2.75, 3.05) is 11.9 Å². The van der Waals surface area contributed by atoms with Gasteiger partial charge in [-0.15, -0.1) is 5.10 Å². The van der Waals surface area contributed by atoms with Gasteiger partial charge in [0.1, 0.15) is 6.20 Å². The third kappa shape index (κ3) is 1.77. The van der Waals surface area contributed by atoms with E-state index < -0.39 is 4.92 Å². The molecular formula is C7H10N4O2. The predicted octanol–water partition coefficient (Wildman–Crippen LogP) is 1.14. The molecule has 1 aromatic heterocycles. The highest BCUT2D eigenvalue weighted by molar-refractivity contribution is 5.55. The first kappa shape index (κ1) is 8.03. The molecule has 70 valence electrons. The maximum atomic E-state index is 10.4. The molecule has 1 aliphatic rings. The zero-order valence-corrected chi connectivity index (χ0v) is 6.99. The molecule has 0 atom stereocenters. The number of rotatable bonds is 4. The van der Waals surface area contributed by atoms with E-state index in [2.05, 4.69) is 15.5 Å². The Morgan fingerprint density at radius 2 is 2.54 bits per heavy atom. The minimum Gasteiger partial charge on any atom is -0.377 e. The molecule has 1 aliphatic carbocycles. The topological polar surface area (TPSA) is 83.8 Å². The van der Waals surface area contributed by atoms with Gasteiger partial charge >= 0.3 is 5.82 Å². The molecule has 1 aromatic rings. The van der Waals surface area contributed by atoms with Crippen LogP contribution < -0.4 is 5.32 Å². The summed E-state index contributed by atoms with van der Waals surface area (Å²) < 4.78 is 0. The quantitative estimate of drug-likeness (QED) is 0.540. The maximum absolute atomic E-state index is 10.4. The molecular weight excluding hydrogens is 172 g/mol. The number of anilines is 1. The van der Waals surface area contributed by atoms with E-state index >= 15 is 0 Å². The summed E-state index contributed by atoms with van der Waals surface area (Å²) >= 11 is 0. The molecule has 6 heteroatoms. The Hall–Kier alpha value is -1.59. The summed E-state index contributed by atoms with van der Waals surface area (Å²) in [7, 11) is 0. The Morgan fingerprint density at radius 1 is 1.77 bits per heavy atom. The van der Waals surface area contributed by atoms with Crippen LogP contribution in [0.1, 0.15) is 12.8 Å². The average Bonchev–Trinajstić information content (AvgIpc) is 2.79. The van der Waals surface area contributed by atoms with E-state index in [1.165, 1.54) is 19.0 Å². The average molecular weight is 182 g/mol. The minimum atomic E-state index is -0.470. The molecule has 0 radical (unpaired) electrons. The molecule has 0 bridgehead atoms. The number of aromatic amines is 1. The summed E-state index contributed by atoms with van der Waals surface area (Å²) in [4.78, 5) is 9.97. The first-order valence-electron chi connectivity index (χ1n) is 4.19. The van der Waals surface area contributed by atoms with Crippen molar-refractivity contribution in [2.45, 2.75) is 12.8 Å². The standard InChI is InChI=1S/C7H10N4O2/c12-11(13)7-6(4-9-10-7)8-3-5-1-2-5/h4-5,8H,1-3H2,(H,9,10). The van der Waals surface area contributed by atoms with Crippen LogP contribution in [-0.4, -0.2) is 21.7 Å². The van der Waals surface area contributed by atoms with Gasteiger partial charge in [0.2, 0.25) is 0 Å². The molecule has 0 spiro atoms. The van der Waals surface area contributed by atoms with Gasteiger partial charge in [-0.2, -0.15) is 0 Å². The van der Waals surface area contributed by atoms with Crippen LogP contribution in [0, 0.1) is 16.0 Å². The third-order valence-corrected chi connectivity index (χ3v) is 2.08. The minimum absolute atomic E-state index is 0.0550. The van der Waals surface area contributed by atoms with Gasteiger partial charge in [0.25, 0.3) is 0 Å². The second-order valence-corrected chi connectivity index (χ2v) is 3.21. The van der Waals surface area contributed by atoms with Gasteiger partial charge in [0, 0.05) is 6.54 Å². The first-order valence-corrected chi connectivity index (χ1v) is 4.19. The lowest BCUT2D eigenvalue weighted by Crippen LogP contribution is -2.04. The number of nitrogens with one attached hydrogen (secondary N) is 2. The zero-order chi connectivity index (χ0) is 9.26. The Bertz CT molecular complexity index is 318. The fourth-order valence-corrected chi connectivity index (χ4v) is 1.12. The van der Waals surface area contributed by atoms with Gasteiger partial charge < -0.3 is 15.4 Å². The SMILES string of the molecule is O=[N+]([O-])c1[nH]ncc1NCC1CC1. The summed E-state index contributed by atoms with van der Waals surface area (Å²) in [6.07, 6.45) is 3.89. The lowest BCUT2D eigenvalue weighted by atomic mass is 10.4. The highest BCUT2D eigenvalue weighted by Crippen LogP contribution is 2.30. The van der Waals surface area contributed by atoms with Crippen LogP contribution in [0.15, 0.2) is 6.20 Å². The van der Waals surface area contributed by atoms with Crippen LogP contribution in [-0.2, 0) is 0 Å². The fourth-order valence-electron chi connectivity index (χ4n) is 1.12. The molecule has 1 saturated carbocycles. The summed E-state index contributed by atoms with van der Waals surface area (Å²) in [6, 6.07) is 0. The van der Waals surface area contributed by atoms with Crippen molar-refractivity contribution >= 4 is 11.5 Å². The monoisotopic (exact) mass is 182 g/mol. The Kier molecular flexibility index (Phi) is 1.88. The zero-order valence-electron chi connectivity index (χ0n) is 6.99. The molecule has 6 nitrogen and oxygen atoms in total. The molecule has 0 unspecified atom stereocenters. The van der Waals surface area contributed by atoms with Crippen LogP contribution in [0.5, 0.6) is 0 Å². The number of hydrogen-bond acceptors (Lipinski definition) is 4. The van der Waals surface area contributed by atoms with Crippen LogP contribution in [0.2, 0.25) is 0 Å². The van der Waals surface area contributed by atoms with E-state index in [-0.39, 0.29) is 5.82 Å². The lowest BCUT2D eigenvalue weighted by molar-refractivity contribution is -0.388. The number of aromatic nitrogens is 2.